The Hall–Kier alpha value is -2.54. The standard InChI is InChI=1S/C23H32N2O4S/c1-16-13-18(3)22(14-17(16)2)19(4)24-23(26)11-8-12-25(30(6,27)28)20-9-7-10-21(15-20)29-5/h7,9-10,13-15,19H,8,11-12H2,1-6H3,(H,24,26)/t19-/m0/s1. The summed E-state index contributed by atoms with van der Waals surface area (Å²) in [6.07, 6.45) is 1.82. The monoisotopic (exact) mass is 432 g/mol. The van der Waals surface area contributed by atoms with E-state index in [0.29, 0.717) is 17.9 Å². The van der Waals surface area contributed by atoms with Crippen molar-refractivity contribution < 1.29 is 17.9 Å². The van der Waals surface area contributed by atoms with Crippen LogP contribution in [-0.4, -0.2) is 34.2 Å². The zero-order valence-electron chi connectivity index (χ0n) is 18.7. The van der Waals surface area contributed by atoms with Gasteiger partial charge in [0.1, 0.15) is 5.75 Å². The van der Waals surface area contributed by atoms with Crippen molar-refractivity contribution >= 4 is 21.6 Å². The summed E-state index contributed by atoms with van der Waals surface area (Å²) in [4.78, 5) is 12.5. The minimum atomic E-state index is -3.48. The molecule has 0 aromatic heterocycles. The highest BCUT2D eigenvalue weighted by Crippen LogP contribution is 2.24. The summed E-state index contributed by atoms with van der Waals surface area (Å²) >= 11 is 0. The van der Waals surface area contributed by atoms with Crippen molar-refractivity contribution in [2.45, 2.75) is 46.6 Å². The number of carbonyl (C=O) groups excluding carboxylic acids is 1. The van der Waals surface area contributed by atoms with Crippen LogP contribution in [0.15, 0.2) is 36.4 Å². The van der Waals surface area contributed by atoms with E-state index in [1.165, 1.54) is 22.5 Å². The number of amides is 1. The predicted octanol–water partition coefficient (Wildman–Crippen LogP) is 4.04. The summed E-state index contributed by atoms with van der Waals surface area (Å²) in [7, 11) is -1.94. The van der Waals surface area contributed by atoms with Crippen molar-refractivity contribution in [3.05, 3.63) is 58.7 Å². The normalized spacial score (nSPS) is 12.3. The first kappa shape index (κ1) is 23.7. The van der Waals surface area contributed by atoms with E-state index in [-0.39, 0.29) is 24.9 Å². The topological polar surface area (TPSA) is 75.7 Å². The molecular weight excluding hydrogens is 400 g/mol. The van der Waals surface area contributed by atoms with Gasteiger partial charge in [-0.1, -0.05) is 18.2 Å². The second-order valence-electron chi connectivity index (χ2n) is 7.72. The Kier molecular flexibility index (Phi) is 7.89. The molecular formula is C23H32N2O4S. The lowest BCUT2D eigenvalue weighted by Crippen LogP contribution is -2.32. The van der Waals surface area contributed by atoms with E-state index < -0.39 is 10.0 Å². The first-order chi connectivity index (χ1) is 14.0. The van der Waals surface area contributed by atoms with Gasteiger partial charge in [-0.2, -0.15) is 0 Å². The van der Waals surface area contributed by atoms with Crippen LogP contribution < -0.4 is 14.4 Å². The van der Waals surface area contributed by atoms with Crippen LogP contribution in [0.1, 0.15) is 48.1 Å². The fraction of sp³-hybridized carbons (Fsp3) is 0.435. The third-order valence-electron chi connectivity index (χ3n) is 5.23. The maximum Gasteiger partial charge on any atom is 0.232 e. The number of carbonyl (C=O) groups is 1. The summed E-state index contributed by atoms with van der Waals surface area (Å²) in [6.45, 7) is 8.36. The summed E-state index contributed by atoms with van der Waals surface area (Å²) in [5.74, 6) is 0.482. The van der Waals surface area contributed by atoms with Gasteiger partial charge in [-0.15, -0.1) is 0 Å². The molecule has 1 amide bonds. The SMILES string of the molecule is COc1cccc(N(CCCC(=O)N[C@@H](C)c2cc(C)c(C)cc2C)S(C)(=O)=O)c1. The van der Waals surface area contributed by atoms with Crippen molar-refractivity contribution in [3.63, 3.8) is 0 Å². The van der Waals surface area contributed by atoms with Crippen LogP contribution >= 0.6 is 0 Å². The molecule has 164 valence electrons. The smallest absolute Gasteiger partial charge is 0.232 e. The number of nitrogens with zero attached hydrogens (tertiary/aromatic N) is 1. The molecule has 6 nitrogen and oxygen atoms in total. The van der Waals surface area contributed by atoms with Crippen molar-refractivity contribution in [1.29, 1.82) is 0 Å². The molecule has 0 bridgehead atoms. The highest BCUT2D eigenvalue weighted by Gasteiger charge is 2.19. The number of rotatable bonds is 9. The molecule has 0 aliphatic carbocycles. The Bertz CT molecular complexity index is 1000. The molecule has 2 aromatic carbocycles. The van der Waals surface area contributed by atoms with Gasteiger partial charge >= 0.3 is 0 Å². The maximum absolute atomic E-state index is 12.5. The van der Waals surface area contributed by atoms with E-state index in [4.69, 9.17) is 4.74 Å². The molecule has 2 rings (SSSR count). The van der Waals surface area contributed by atoms with Crippen molar-refractivity contribution in [3.8, 4) is 5.75 Å². The third-order valence-corrected chi connectivity index (χ3v) is 6.43. The number of hydrogen-bond acceptors (Lipinski definition) is 4. The van der Waals surface area contributed by atoms with Crippen molar-refractivity contribution in [2.75, 3.05) is 24.2 Å². The average molecular weight is 433 g/mol. The van der Waals surface area contributed by atoms with Gasteiger partial charge in [-0.3, -0.25) is 9.10 Å². The van der Waals surface area contributed by atoms with Crippen LogP contribution in [0.25, 0.3) is 0 Å². The van der Waals surface area contributed by atoms with Gasteiger partial charge in [0.05, 0.1) is 25.1 Å². The van der Waals surface area contributed by atoms with E-state index in [1.54, 1.807) is 24.3 Å². The number of aryl methyl sites for hydroxylation is 3. The Morgan fingerprint density at radius 2 is 1.77 bits per heavy atom. The lowest BCUT2D eigenvalue weighted by atomic mass is 9.96. The van der Waals surface area contributed by atoms with E-state index >= 15 is 0 Å². The molecule has 0 unspecified atom stereocenters. The first-order valence-electron chi connectivity index (χ1n) is 10.0. The third kappa shape index (κ3) is 6.23. The molecule has 30 heavy (non-hydrogen) atoms. The van der Waals surface area contributed by atoms with Gasteiger partial charge in [0.25, 0.3) is 0 Å². The van der Waals surface area contributed by atoms with Crippen LogP contribution in [0, 0.1) is 20.8 Å². The number of benzene rings is 2. The van der Waals surface area contributed by atoms with Gasteiger partial charge in [0.15, 0.2) is 0 Å². The van der Waals surface area contributed by atoms with Gasteiger partial charge < -0.3 is 10.1 Å². The van der Waals surface area contributed by atoms with E-state index in [9.17, 15) is 13.2 Å². The Morgan fingerprint density at radius 3 is 2.40 bits per heavy atom. The average Bonchev–Trinajstić information content (AvgIpc) is 2.67. The van der Waals surface area contributed by atoms with E-state index in [1.807, 2.05) is 13.8 Å². The number of nitrogens with one attached hydrogen (secondary N) is 1. The zero-order chi connectivity index (χ0) is 22.5. The van der Waals surface area contributed by atoms with E-state index in [2.05, 4.69) is 31.3 Å². The molecule has 0 heterocycles. The molecule has 0 fully saturated rings. The zero-order valence-corrected chi connectivity index (χ0v) is 19.5. The second kappa shape index (κ2) is 9.98. The van der Waals surface area contributed by atoms with Gasteiger partial charge in [0.2, 0.25) is 15.9 Å². The van der Waals surface area contributed by atoms with E-state index in [0.717, 1.165) is 17.4 Å². The molecule has 0 radical (unpaired) electrons. The maximum atomic E-state index is 12.5. The number of methoxy groups -OCH3 is 1. The summed E-state index contributed by atoms with van der Waals surface area (Å²) in [5.41, 5.74) is 5.19. The Balaban J connectivity index is 2.00. The summed E-state index contributed by atoms with van der Waals surface area (Å²) in [6, 6.07) is 11.0. The fourth-order valence-corrected chi connectivity index (χ4v) is 4.43. The first-order valence-corrected chi connectivity index (χ1v) is 11.9. The molecule has 0 aliphatic rings. The van der Waals surface area contributed by atoms with Crippen molar-refractivity contribution in [2.24, 2.45) is 0 Å². The van der Waals surface area contributed by atoms with Crippen LogP contribution in [0.5, 0.6) is 5.75 Å². The van der Waals surface area contributed by atoms with Crippen LogP contribution in [-0.2, 0) is 14.8 Å². The molecule has 2 aromatic rings. The summed E-state index contributed by atoms with van der Waals surface area (Å²) in [5, 5.41) is 3.03. The Morgan fingerprint density at radius 1 is 1.10 bits per heavy atom. The molecule has 0 saturated heterocycles. The number of ether oxygens (including phenoxy) is 1. The predicted molar refractivity (Wildman–Crippen MR) is 122 cm³/mol. The minimum absolute atomic E-state index is 0.0979. The highest BCUT2D eigenvalue weighted by atomic mass is 32.2. The van der Waals surface area contributed by atoms with Crippen LogP contribution in [0.3, 0.4) is 0 Å². The quantitative estimate of drug-likeness (QED) is 0.649. The minimum Gasteiger partial charge on any atom is -0.497 e. The highest BCUT2D eigenvalue weighted by molar-refractivity contribution is 7.92. The number of sulfonamides is 1. The molecule has 1 atom stereocenters. The molecule has 0 aliphatic heterocycles. The Labute approximate surface area is 180 Å². The van der Waals surface area contributed by atoms with Crippen molar-refractivity contribution in [1.82, 2.24) is 5.32 Å². The number of anilines is 1. The molecule has 1 N–H and O–H groups in total. The lowest BCUT2D eigenvalue weighted by Gasteiger charge is -2.23. The van der Waals surface area contributed by atoms with Crippen LogP contribution in [0.4, 0.5) is 5.69 Å². The van der Waals surface area contributed by atoms with Gasteiger partial charge in [0, 0.05) is 19.0 Å². The van der Waals surface area contributed by atoms with Gasteiger partial charge in [-0.05, 0) is 68.5 Å². The molecule has 0 saturated carbocycles. The molecule has 7 heteroatoms. The van der Waals surface area contributed by atoms with Gasteiger partial charge in [-0.25, -0.2) is 8.42 Å². The second-order valence-corrected chi connectivity index (χ2v) is 9.63. The summed E-state index contributed by atoms with van der Waals surface area (Å²) < 4.78 is 31.0. The number of hydrogen-bond donors (Lipinski definition) is 1. The van der Waals surface area contributed by atoms with Crippen LogP contribution in [0.2, 0.25) is 0 Å². The fourth-order valence-electron chi connectivity index (χ4n) is 3.48. The largest absolute Gasteiger partial charge is 0.497 e. The molecule has 0 spiro atoms. The lowest BCUT2D eigenvalue weighted by molar-refractivity contribution is -0.121.